The van der Waals surface area contributed by atoms with Gasteiger partial charge in [-0.2, -0.15) is 0 Å². The second kappa shape index (κ2) is 10.8. The zero-order valence-electron chi connectivity index (χ0n) is 25.7. The zero-order valence-corrected chi connectivity index (χ0v) is 25.7. The maximum absolute atomic E-state index is 12.8. The van der Waals surface area contributed by atoms with E-state index in [4.69, 9.17) is 9.98 Å². The van der Waals surface area contributed by atoms with Crippen molar-refractivity contribution in [1.82, 2.24) is 26.3 Å². The molecular formula is C36H35N7O2. The van der Waals surface area contributed by atoms with Crippen LogP contribution in [0.5, 0.6) is 0 Å². The molecule has 0 saturated carbocycles. The van der Waals surface area contributed by atoms with Crippen LogP contribution in [0.25, 0.3) is 56.2 Å². The largest absolute Gasteiger partial charge is 0.355 e. The van der Waals surface area contributed by atoms with Crippen molar-refractivity contribution in [1.29, 1.82) is 0 Å². The van der Waals surface area contributed by atoms with Crippen LogP contribution in [0.2, 0.25) is 0 Å². The Morgan fingerprint density at radius 3 is 1.42 bits per heavy atom. The normalized spacial score (nSPS) is 19.6. The van der Waals surface area contributed by atoms with E-state index in [0.29, 0.717) is 13.1 Å². The maximum Gasteiger partial charge on any atom is 0.267 e. The molecule has 4 aromatic carbocycles. The lowest BCUT2D eigenvalue weighted by Crippen LogP contribution is -2.52. The summed E-state index contributed by atoms with van der Waals surface area (Å²) in [4.78, 5) is 38.6. The lowest BCUT2D eigenvalue weighted by Gasteiger charge is -2.21. The summed E-state index contributed by atoms with van der Waals surface area (Å²) < 4.78 is 0. The van der Waals surface area contributed by atoms with Gasteiger partial charge in [-0.25, -0.2) is 9.98 Å². The topological polar surface area (TPSA) is 123 Å². The lowest BCUT2D eigenvalue weighted by molar-refractivity contribution is -0.125. The van der Waals surface area contributed by atoms with E-state index < -0.39 is 11.3 Å². The number of nitrogens with one attached hydrogen (secondary N) is 5. The first-order chi connectivity index (χ1) is 21.8. The minimum atomic E-state index is -1.10. The second-order valence-corrected chi connectivity index (χ2v) is 11.5. The molecule has 3 heterocycles. The second-order valence-electron chi connectivity index (χ2n) is 11.5. The molecule has 7 rings (SSSR count). The van der Waals surface area contributed by atoms with E-state index in [2.05, 4.69) is 86.9 Å². The number of hydrogen-bond acceptors (Lipinski definition) is 6. The van der Waals surface area contributed by atoms with E-state index in [9.17, 15) is 9.59 Å². The van der Waals surface area contributed by atoms with Gasteiger partial charge < -0.3 is 15.6 Å². The van der Waals surface area contributed by atoms with Crippen LogP contribution < -0.4 is 42.4 Å². The third kappa shape index (κ3) is 4.63. The molecule has 45 heavy (non-hydrogen) atoms. The Hall–Kier alpha value is -5.12. The van der Waals surface area contributed by atoms with Crippen LogP contribution in [0.4, 0.5) is 0 Å². The van der Waals surface area contributed by atoms with Gasteiger partial charge in [-0.3, -0.25) is 20.2 Å². The first-order valence-corrected chi connectivity index (χ1v) is 15.3. The van der Waals surface area contributed by atoms with Gasteiger partial charge in [0.2, 0.25) is 11.3 Å². The smallest absolute Gasteiger partial charge is 0.267 e. The van der Waals surface area contributed by atoms with Gasteiger partial charge in [-0.1, -0.05) is 24.3 Å². The van der Waals surface area contributed by atoms with E-state index in [1.807, 2.05) is 38.1 Å². The van der Waals surface area contributed by atoms with Crippen LogP contribution in [0.15, 0.2) is 82.8 Å². The van der Waals surface area contributed by atoms with Crippen LogP contribution in [0.3, 0.4) is 0 Å². The summed E-state index contributed by atoms with van der Waals surface area (Å²) in [6, 6.07) is 25.1. The summed E-state index contributed by atoms with van der Waals surface area (Å²) in [5.41, 5.74) is 4.16. The van der Waals surface area contributed by atoms with Crippen LogP contribution in [-0.2, 0) is 9.59 Å². The van der Waals surface area contributed by atoms with Crippen molar-refractivity contribution >= 4 is 45.8 Å². The molecule has 5 N–H and O–H groups in total. The molecule has 0 saturated heterocycles. The fourth-order valence-corrected chi connectivity index (χ4v) is 6.36. The molecule has 0 radical (unpaired) electrons. The van der Waals surface area contributed by atoms with E-state index >= 15 is 0 Å². The third-order valence-corrected chi connectivity index (χ3v) is 8.77. The molecule has 0 fully saturated rings. The minimum Gasteiger partial charge on any atom is -0.355 e. The number of rotatable bonds is 8. The predicted molar refractivity (Wildman–Crippen MR) is 178 cm³/mol. The van der Waals surface area contributed by atoms with Crippen LogP contribution in [0, 0.1) is 0 Å². The third-order valence-electron chi connectivity index (χ3n) is 8.77. The summed E-state index contributed by atoms with van der Waals surface area (Å²) in [7, 11) is 3.50. The van der Waals surface area contributed by atoms with Crippen molar-refractivity contribution in [2.24, 2.45) is 9.98 Å². The Bertz CT molecular complexity index is 2130. The molecule has 0 aliphatic carbocycles. The molecule has 2 aliphatic heterocycles. The van der Waals surface area contributed by atoms with Gasteiger partial charge in [0, 0.05) is 45.3 Å². The van der Waals surface area contributed by atoms with Crippen LogP contribution in [0.1, 0.15) is 13.8 Å². The van der Waals surface area contributed by atoms with E-state index in [1.54, 1.807) is 14.1 Å². The van der Waals surface area contributed by atoms with Crippen molar-refractivity contribution in [3.8, 4) is 22.3 Å². The Morgan fingerprint density at radius 1 is 0.622 bits per heavy atom. The molecule has 9 heteroatoms. The zero-order chi connectivity index (χ0) is 31.3. The van der Waals surface area contributed by atoms with Crippen molar-refractivity contribution in [2.45, 2.75) is 25.2 Å². The molecule has 0 spiro atoms. The quantitative estimate of drug-likeness (QED) is 0.187. The Kier molecular flexibility index (Phi) is 6.87. The highest BCUT2D eigenvalue weighted by atomic mass is 16.2. The first kappa shape index (κ1) is 28.6. The number of aromatic amines is 1. The van der Waals surface area contributed by atoms with Gasteiger partial charge in [0.05, 0.1) is 10.7 Å². The van der Waals surface area contributed by atoms with Gasteiger partial charge in [-0.15, -0.1) is 0 Å². The number of likely N-dealkylation sites (N-methyl/N-ethyl adjacent to an activating group) is 4. The van der Waals surface area contributed by atoms with Crippen molar-refractivity contribution in [2.75, 3.05) is 27.2 Å². The van der Waals surface area contributed by atoms with Gasteiger partial charge in [0.15, 0.2) is 0 Å². The molecule has 5 aromatic rings. The monoisotopic (exact) mass is 597 g/mol. The van der Waals surface area contributed by atoms with Crippen LogP contribution in [-0.4, -0.2) is 55.3 Å². The Labute approximate surface area is 259 Å². The van der Waals surface area contributed by atoms with Gasteiger partial charge in [-0.05, 0) is 111 Å². The number of hydrogen-bond donors (Lipinski definition) is 5. The summed E-state index contributed by atoms with van der Waals surface area (Å²) in [6.07, 6.45) is 3.79. The molecule has 1 aromatic heterocycles. The fourth-order valence-electron chi connectivity index (χ4n) is 6.36. The van der Waals surface area contributed by atoms with Crippen molar-refractivity contribution < 1.29 is 9.59 Å². The van der Waals surface area contributed by atoms with Crippen molar-refractivity contribution in [3.63, 3.8) is 0 Å². The van der Waals surface area contributed by atoms with Gasteiger partial charge in [0.25, 0.3) is 11.8 Å². The van der Waals surface area contributed by atoms with Crippen molar-refractivity contribution in [3.05, 3.63) is 93.9 Å². The highest BCUT2D eigenvalue weighted by molar-refractivity contribution is 6.09. The van der Waals surface area contributed by atoms with E-state index in [0.717, 1.165) is 65.2 Å². The SMILES string of the molecule is CCNC(=O)C1(NC)C=c2cc(-c3ccc4[nH]c5ccc(-c6ccc7c(c6)=CC(NC)(C(=O)NCC)N=7)cc5c4c3)ccc2=N1. The summed E-state index contributed by atoms with van der Waals surface area (Å²) in [6.45, 7) is 4.87. The average molecular weight is 598 g/mol. The molecule has 2 atom stereocenters. The Morgan fingerprint density at radius 2 is 1.02 bits per heavy atom. The number of H-pyrrole nitrogens is 1. The number of fused-ring (bicyclic) bond motifs is 5. The number of aromatic nitrogens is 1. The lowest BCUT2D eigenvalue weighted by atomic mass is 9.99. The number of benzene rings is 4. The Balaban J connectivity index is 1.28. The maximum atomic E-state index is 12.8. The number of carbonyl (C=O) groups excluding carboxylic acids is 2. The molecule has 2 amide bonds. The molecule has 2 unspecified atom stereocenters. The highest BCUT2D eigenvalue weighted by Gasteiger charge is 2.37. The minimum absolute atomic E-state index is 0.166. The molecular weight excluding hydrogens is 562 g/mol. The molecule has 2 aliphatic rings. The summed E-state index contributed by atoms with van der Waals surface area (Å²) >= 11 is 0. The predicted octanol–water partition coefficient (Wildman–Crippen LogP) is 1.59. The number of carbonyl (C=O) groups is 2. The standard InChI is InChI=1S/C36H35N7O2/c1-5-39-33(44)35(37-3)19-25-15-21(7-11-29(25)42-35)23-9-13-31-27(17-23)28-18-24(10-14-32(28)41-31)22-8-12-30-26(16-22)20-36(38-4,43-30)34(45)40-6-2/h7-20,37-38,41H,5-6H2,1-4H3,(H,39,44)(H,40,45). The molecule has 0 bridgehead atoms. The summed E-state index contributed by atoms with van der Waals surface area (Å²) in [5.74, 6) is -0.333. The fraction of sp³-hybridized carbons (Fsp3) is 0.222. The van der Waals surface area contributed by atoms with E-state index in [-0.39, 0.29) is 11.8 Å². The number of amides is 2. The summed E-state index contributed by atoms with van der Waals surface area (Å²) in [5, 5.41) is 17.6. The first-order valence-electron chi connectivity index (χ1n) is 15.3. The average Bonchev–Trinajstić information content (AvgIpc) is 3.75. The van der Waals surface area contributed by atoms with Gasteiger partial charge in [0.1, 0.15) is 0 Å². The van der Waals surface area contributed by atoms with Crippen LogP contribution >= 0.6 is 0 Å². The van der Waals surface area contributed by atoms with Gasteiger partial charge >= 0.3 is 0 Å². The highest BCUT2D eigenvalue weighted by Crippen LogP contribution is 2.32. The molecule has 226 valence electrons. The number of nitrogens with zero attached hydrogens (tertiary/aromatic N) is 2. The molecule has 9 nitrogen and oxygen atoms in total. The van der Waals surface area contributed by atoms with E-state index in [1.165, 1.54) is 0 Å².